The minimum Gasteiger partial charge on any atom is -0.314 e. The first-order chi connectivity index (χ1) is 10.2. The van der Waals surface area contributed by atoms with Crippen LogP contribution in [0.3, 0.4) is 0 Å². The normalized spacial score (nSPS) is 17.6. The smallest absolute Gasteiger partial charge is 0.128 e. The highest BCUT2D eigenvalue weighted by atomic mass is 79.9. The van der Waals surface area contributed by atoms with Gasteiger partial charge in [-0.1, -0.05) is 28.4 Å². The molecule has 2 nitrogen and oxygen atoms in total. The van der Waals surface area contributed by atoms with E-state index in [1.165, 1.54) is 0 Å². The number of nitrogens with one attached hydrogen (secondary N) is 1. The lowest BCUT2D eigenvalue weighted by Crippen LogP contribution is -2.45. The number of allylic oxidation sites excluding steroid dienone is 1. The number of piperazine rings is 1. The second kappa shape index (κ2) is 8.66. The van der Waals surface area contributed by atoms with E-state index in [4.69, 9.17) is 0 Å². The van der Waals surface area contributed by atoms with Crippen LogP contribution < -0.4 is 5.32 Å². The van der Waals surface area contributed by atoms with Crippen molar-refractivity contribution in [2.45, 2.75) is 31.7 Å². The summed E-state index contributed by atoms with van der Waals surface area (Å²) >= 11 is 3.47. The molecule has 0 bridgehead atoms. The Morgan fingerprint density at radius 2 is 2.10 bits per heavy atom. The number of hydrogen-bond acceptors (Lipinski definition) is 2. The Balaban J connectivity index is 2.13. The summed E-state index contributed by atoms with van der Waals surface area (Å²) in [6, 6.07) is 5.45. The molecule has 0 spiro atoms. The van der Waals surface area contributed by atoms with Gasteiger partial charge in [-0.2, -0.15) is 0 Å². The molecule has 1 aromatic rings. The summed E-state index contributed by atoms with van der Waals surface area (Å²) in [6.07, 6.45) is 6.23. The van der Waals surface area contributed by atoms with Crippen LogP contribution in [0.1, 0.15) is 37.3 Å². The van der Waals surface area contributed by atoms with Gasteiger partial charge in [0.2, 0.25) is 0 Å². The fourth-order valence-electron chi connectivity index (χ4n) is 2.92. The highest BCUT2D eigenvalue weighted by molar-refractivity contribution is 9.10. The summed E-state index contributed by atoms with van der Waals surface area (Å²) in [4.78, 5) is 2.41. The highest BCUT2D eigenvalue weighted by Crippen LogP contribution is 2.31. The van der Waals surface area contributed by atoms with Crippen molar-refractivity contribution in [2.75, 3.05) is 26.2 Å². The number of unbranched alkanes of at least 4 members (excludes halogenated alkanes) is 2. The lowest BCUT2D eigenvalue weighted by atomic mass is 9.97. The maximum absolute atomic E-state index is 14.3. The monoisotopic (exact) mass is 354 g/mol. The van der Waals surface area contributed by atoms with Crippen LogP contribution in [0.25, 0.3) is 0 Å². The average molecular weight is 355 g/mol. The Morgan fingerprint density at radius 1 is 1.33 bits per heavy atom. The Hall–Kier alpha value is -0.710. The molecule has 0 saturated carbocycles. The van der Waals surface area contributed by atoms with Crippen LogP contribution in [0.4, 0.5) is 4.39 Å². The van der Waals surface area contributed by atoms with Gasteiger partial charge < -0.3 is 5.32 Å². The maximum atomic E-state index is 14.3. The Kier molecular flexibility index (Phi) is 6.87. The quantitative estimate of drug-likeness (QED) is 0.580. The van der Waals surface area contributed by atoms with Gasteiger partial charge in [0.05, 0.1) is 0 Å². The zero-order chi connectivity index (χ0) is 15.1. The molecule has 21 heavy (non-hydrogen) atoms. The summed E-state index contributed by atoms with van der Waals surface area (Å²) in [5.74, 6) is -0.0922. The van der Waals surface area contributed by atoms with Crippen LogP contribution >= 0.6 is 15.9 Å². The molecule has 1 N–H and O–H groups in total. The van der Waals surface area contributed by atoms with E-state index in [1.807, 2.05) is 12.1 Å². The molecule has 0 amide bonds. The summed E-state index contributed by atoms with van der Waals surface area (Å²) in [5.41, 5.74) is 0.824. The summed E-state index contributed by atoms with van der Waals surface area (Å²) in [7, 11) is 0. The van der Waals surface area contributed by atoms with E-state index in [0.29, 0.717) is 0 Å². The lowest BCUT2D eigenvalue weighted by Gasteiger charge is -2.35. The first-order valence-corrected chi connectivity index (χ1v) is 8.52. The van der Waals surface area contributed by atoms with Crippen LogP contribution in [0.15, 0.2) is 35.3 Å². The molecule has 1 heterocycles. The van der Waals surface area contributed by atoms with Crippen molar-refractivity contribution < 1.29 is 4.39 Å². The zero-order valence-electron chi connectivity index (χ0n) is 12.5. The first-order valence-electron chi connectivity index (χ1n) is 7.73. The number of hydrogen-bond donors (Lipinski definition) is 1. The molecule has 1 atom stereocenters. The van der Waals surface area contributed by atoms with Crippen LogP contribution in [0, 0.1) is 5.82 Å². The fraction of sp³-hybridized carbons (Fsp3) is 0.529. The molecular weight excluding hydrogens is 331 g/mol. The predicted molar refractivity (Wildman–Crippen MR) is 89.9 cm³/mol. The molecule has 1 aliphatic rings. The van der Waals surface area contributed by atoms with Gasteiger partial charge in [-0.25, -0.2) is 4.39 Å². The molecule has 0 aromatic heterocycles. The fourth-order valence-corrected chi connectivity index (χ4v) is 3.30. The highest BCUT2D eigenvalue weighted by Gasteiger charge is 2.24. The number of nitrogens with zero attached hydrogens (tertiary/aromatic N) is 1. The second-order valence-corrected chi connectivity index (χ2v) is 6.46. The summed E-state index contributed by atoms with van der Waals surface area (Å²) in [6.45, 7) is 7.70. The Labute approximate surface area is 135 Å². The minimum absolute atomic E-state index is 0.0922. The third-order valence-electron chi connectivity index (χ3n) is 4.05. The van der Waals surface area contributed by atoms with Crippen molar-refractivity contribution in [1.29, 1.82) is 0 Å². The average Bonchev–Trinajstić information content (AvgIpc) is 2.51. The molecule has 1 fully saturated rings. The molecule has 4 heteroatoms. The standard InChI is InChI=1S/C17H24BrFN2/c1-2-3-4-5-6-17(21-11-9-20-10-12-21)15-13-14(18)7-8-16(15)19/h2,7-8,13,17,20H,1,3-6,9-12H2/t17-/m1/s1. The Morgan fingerprint density at radius 3 is 2.81 bits per heavy atom. The van der Waals surface area contributed by atoms with Gasteiger partial charge in [0.1, 0.15) is 5.82 Å². The van der Waals surface area contributed by atoms with Gasteiger partial charge in [-0.15, -0.1) is 6.58 Å². The van der Waals surface area contributed by atoms with E-state index >= 15 is 0 Å². The van der Waals surface area contributed by atoms with Crippen molar-refractivity contribution in [2.24, 2.45) is 0 Å². The number of rotatable bonds is 7. The van der Waals surface area contributed by atoms with Gasteiger partial charge >= 0.3 is 0 Å². The van der Waals surface area contributed by atoms with Gasteiger partial charge in [-0.05, 0) is 37.5 Å². The predicted octanol–water partition coefficient (Wildman–Crippen LogP) is 4.28. The van der Waals surface area contributed by atoms with Crippen molar-refractivity contribution in [3.63, 3.8) is 0 Å². The molecule has 2 rings (SSSR count). The van der Waals surface area contributed by atoms with Crippen LogP contribution in [-0.4, -0.2) is 31.1 Å². The summed E-state index contributed by atoms with van der Waals surface area (Å²) < 4.78 is 15.2. The van der Waals surface area contributed by atoms with E-state index < -0.39 is 0 Å². The third-order valence-corrected chi connectivity index (χ3v) is 4.54. The van der Waals surface area contributed by atoms with E-state index in [1.54, 1.807) is 12.1 Å². The van der Waals surface area contributed by atoms with Crippen molar-refractivity contribution in [1.82, 2.24) is 10.2 Å². The number of benzene rings is 1. The van der Waals surface area contributed by atoms with Crippen LogP contribution in [-0.2, 0) is 0 Å². The molecule has 0 radical (unpaired) electrons. The number of halogens is 2. The van der Waals surface area contributed by atoms with E-state index in [2.05, 4.69) is 32.7 Å². The van der Waals surface area contributed by atoms with E-state index in [-0.39, 0.29) is 11.9 Å². The van der Waals surface area contributed by atoms with Crippen LogP contribution in [0.5, 0.6) is 0 Å². The molecule has 1 saturated heterocycles. The largest absolute Gasteiger partial charge is 0.314 e. The molecule has 0 aliphatic carbocycles. The maximum Gasteiger partial charge on any atom is 0.128 e. The minimum atomic E-state index is -0.0922. The van der Waals surface area contributed by atoms with Gasteiger partial charge in [0, 0.05) is 42.3 Å². The lowest BCUT2D eigenvalue weighted by molar-refractivity contribution is 0.159. The third kappa shape index (κ3) is 4.90. The van der Waals surface area contributed by atoms with E-state index in [9.17, 15) is 4.39 Å². The zero-order valence-corrected chi connectivity index (χ0v) is 14.0. The van der Waals surface area contributed by atoms with Crippen molar-refractivity contribution >= 4 is 15.9 Å². The Bertz CT molecular complexity index is 458. The summed E-state index contributed by atoms with van der Waals surface area (Å²) in [5, 5.41) is 3.37. The first kappa shape index (κ1) is 16.7. The molecule has 0 unspecified atom stereocenters. The van der Waals surface area contributed by atoms with Crippen molar-refractivity contribution in [3.05, 3.63) is 46.7 Å². The topological polar surface area (TPSA) is 15.3 Å². The second-order valence-electron chi connectivity index (χ2n) is 5.54. The van der Waals surface area contributed by atoms with Crippen LogP contribution in [0.2, 0.25) is 0 Å². The van der Waals surface area contributed by atoms with E-state index in [0.717, 1.165) is 61.9 Å². The molecule has 116 valence electrons. The van der Waals surface area contributed by atoms with Gasteiger partial charge in [-0.3, -0.25) is 4.90 Å². The SMILES string of the molecule is C=CCCCC[C@H](c1cc(Br)ccc1F)N1CCNCC1. The molecular formula is C17H24BrFN2. The van der Waals surface area contributed by atoms with Gasteiger partial charge in [0.15, 0.2) is 0 Å². The molecule has 1 aromatic carbocycles. The molecule has 1 aliphatic heterocycles. The van der Waals surface area contributed by atoms with Crippen molar-refractivity contribution in [3.8, 4) is 0 Å². The van der Waals surface area contributed by atoms with Gasteiger partial charge in [0.25, 0.3) is 0 Å².